The van der Waals surface area contributed by atoms with E-state index in [1.54, 1.807) is 12.1 Å². The zero-order valence-electron chi connectivity index (χ0n) is 15.8. The van der Waals surface area contributed by atoms with Crippen molar-refractivity contribution >= 4 is 29.3 Å². The van der Waals surface area contributed by atoms with Crippen molar-refractivity contribution in [3.05, 3.63) is 81.4 Å². The molecular formula is C21H20Cl2N4O2. The molecule has 1 aromatic heterocycles. The fraction of sp³-hybridized carbons (Fsp3) is 0.286. The standard InChI is InChI=1S/C21H20Cl2N4O2/c1-14-24-25-19(26(14)13-15-3-7-17(22)8-4-15)21(11-2-12-27(21)20(28)29)16-5-9-18(23)10-6-16/h3-10H,2,11-13H2,1H3,(H,28,29). The van der Waals surface area contributed by atoms with Crippen LogP contribution in [0.5, 0.6) is 0 Å². The number of aryl methyl sites for hydroxylation is 1. The first-order valence-electron chi connectivity index (χ1n) is 9.33. The third-order valence-electron chi connectivity index (χ3n) is 5.49. The molecular weight excluding hydrogens is 411 g/mol. The predicted octanol–water partition coefficient (Wildman–Crippen LogP) is 4.96. The molecule has 1 N–H and O–H groups in total. The van der Waals surface area contributed by atoms with Crippen molar-refractivity contribution in [2.75, 3.05) is 6.54 Å². The van der Waals surface area contributed by atoms with E-state index in [0.717, 1.165) is 23.4 Å². The topological polar surface area (TPSA) is 71.2 Å². The van der Waals surface area contributed by atoms with E-state index >= 15 is 0 Å². The Morgan fingerprint density at radius 1 is 1.07 bits per heavy atom. The number of aromatic nitrogens is 3. The van der Waals surface area contributed by atoms with E-state index in [2.05, 4.69) is 10.2 Å². The van der Waals surface area contributed by atoms with Crippen molar-refractivity contribution in [3.8, 4) is 0 Å². The second-order valence-corrected chi connectivity index (χ2v) is 8.06. The number of amides is 1. The lowest BCUT2D eigenvalue weighted by molar-refractivity contribution is 0.112. The van der Waals surface area contributed by atoms with Gasteiger partial charge in [-0.15, -0.1) is 10.2 Å². The highest BCUT2D eigenvalue weighted by Gasteiger charge is 2.50. The number of hydrogen-bond donors (Lipinski definition) is 1. The summed E-state index contributed by atoms with van der Waals surface area (Å²) in [7, 11) is 0. The second-order valence-electron chi connectivity index (χ2n) is 7.19. The molecule has 0 aliphatic carbocycles. The number of nitrogens with zero attached hydrogens (tertiary/aromatic N) is 4. The molecule has 0 bridgehead atoms. The van der Waals surface area contributed by atoms with E-state index < -0.39 is 11.6 Å². The van der Waals surface area contributed by atoms with Crippen LogP contribution in [0.3, 0.4) is 0 Å². The van der Waals surface area contributed by atoms with Crippen LogP contribution in [0.4, 0.5) is 4.79 Å². The number of rotatable bonds is 4. The summed E-state index contributed by atoms with van der Waals surface area (Å²) in [5, 5.41) is 20.0. The van der Waals surface area contributed by atoms with Crippen molar-refractivity contribution in [1.29, 1.82) is 0 Å². The first kappa shape index (κ1) is 19.7. The van der Waals surface area contributed by atoms with Gasteiger partial charge < -0.3 is 9.67 Å². The average Bonchev–Trinajstić information content (AvgIpc) is 3.29. The van der Waals surface area contributed by atoms with Crippen LogP contribution in [0, 0.1) is 6.92 Å². The zero-order chi connectivity index (χ0) is 20.6. The van der Waals surface area contributed by atoms with E-state index in [4.69, 9.17) is 23.2 Å². The van der Waals surface area contributed by atoms with Crippen LogP contribution in [0.25, 0.3) is 0 Å². The van der Waals surface area contributed by atoms with E-state index in [-0.39, 0.29) is 0 Å². The fourth-order valence-corrected chi connectivity index (χ4v) is 4.37. The first-order valence-corrected chi connectivity index (χ1v) is 10.1. The van der Waals surface area contributed by atoms with Gasteiger partial charge in [0, 0.05) is 16.6 Å². The Morgan fingerprint density at radius 2 is 1.69 bits per heavy atom. The molecule has 0 radical (unpaired) electrons. The van der Waals surface area contributed by atoms with Gasteiger partial charge in [0.25, 0.3) is 0 Å². The van der Waals surface area contributed by atoms with Crippen molar-refractivity contribution in [2.24, 2.45) is 0 Å². The van der Waals surface area contributed by atoms with Crippen LogP contribution >= 0.6 is 23.2 Å². The highest BCUT2D eigenvalue weighted by atomic mass is 35.5. The summed E-state index contributed by atoms with van der Waals surface area (Å²) >= 11 is 12.1. The Kier molecular flexibility index (Phi) is 5.23. The summed E-state index contributed by atoms with van der Waals surface area (Å²) in [5.41, 5.74) is 0.959. The molecule has 0 spiro atoms. The Balaban J connectivity index is 1.87. The van der Waals surface area contributed by atoms with Gasteiger partial charge in [0.05, 0.1) is 6.54 Å². The molecule has 2 heterocycles. The van der Waals surface area contributed by atoms with Gasteiger partial charge in [-0.1, -0.05) is 47.5 Å². The Labute approximate surface area is 178 Å². The van der Waals surface area contributed by atoms with Gasteiger partial charge in [0.1, 0.15) is 11.4 Å². The number of carboxylic acid groups (broad SMARTS) is 1. The molecule has 2 aromatic carbocycles. The summed E-state index contributed by atoms with van der Waals surface area (Å²) in [6, 6.07) is 14.9. The molecule has 1 aliphatic rings. The van der Waals surface area contributed by atoms with Gasteiger partial charge in [-0.2, -0.15) is 0 Å². The zero-order valence-corrected chi connectivity index (χ0v) is 17.4. The molecule has 1 saturated heterocycles. The lowest BCUT2D eigenvalue weighted by Crippen LogP contribution is -2.47. The van der Waals surface area contributed by atoms with E-state index in [1.807, 2.05) is 47.9 Å². The van der Waals surface area contributed by atoms with E-state index in [9.17, 15) is 9.90 Å². The summed E-state index contributed by atoms with van der Waals surface area (Å²) in [6.07, 6.45) is 0.387. The second kappa shape index (κ2) is 7.69. The summed E-state index contributed by atoms with van der Waals surface area (Å²) < 4.78 is 1.99. The van der Waals surface area contributed by atoms with Crippen LogP contribution in [0.2, 0.25) is 10.0 Å². The smallest absolute Gasteiger partial charge is 0.408 e. The molecule has 1 amide bonds. The van der Waals surface area contributed by atoms with Gasteiger partial charge >= 0.3 is 6.09 Å². The number of likely N-dealkylation sites (tertiary alicyclic amines) is 1. The van der Waals surface area contributed by atoms with Gasteiger partial charge in [-0.3, -0.25) is 4.90 Å². The van der Waals surface area contributed by atoms with Crippen molar-refractivity contribution in [1.82, 2.24) is 19.7 Å². The highest BCUT2D eigenvalue weighted by molar-refractivity contribution is 6.30. The summed E-state index contributed by atoms with van der Waals surface area (Å²) in [6.45, 7) is 2.83. The predicted molar refractivity (Wildman–Crippen MR) is 112 cm³/mol. The maximum Gasteiger partial charge on any atom is 0.408 e. The van der Waals surface area contributed by atoms with E-state index in [0.29, 0.717) is 35.4 Å². The molecule has 8 heteroatoms. The van der Waals surface area contributed by atoms with Crippen molar-refractivity contribution in [3.63, 3.8) is 0 Å². The molecule has 6 nitrogen and oxygen atoms in total. The van der Waals surface area contributed by atoms with Crippen molar-refractivity contribution < 1.29 is 9.90 Å². The molecule has 29 heavy (non-hydrogen) atoms. The molecule has 0 saturated carbocycles. The third-order valence-corrected chi connectivity index (χ3v) is 6.00. The largest absolute Gasteiger partial charge is 0.465 e. The monoisotopic (exact) mass is 430 g/mol. The van der Waals surface area contributed by atoms with Crippen LogP contribution in [0.1, 0.15) is 35.6 Å². The summed E-state index contributed by atoms with van der Waals surface area (Å²) in [5.74, 6) is 1.34. The van der Waals surface area contributed by atoms with Crippen LogP contribution in [-0.4, -0.2) is 37.4 Å². The SMILES string of the molecule is Cc1nnc(C2(c3ccc(Cl)cc3)CCCN2C(=O)O)n1Cc1ccc(Cl)cc1. The van der Waals surface area contributed by atoms with E-state index in [1.165, 1.54) is 4.90 Å². The maximum absolute atomic E-state index is 12.2. The van der Waals surface area contributed by atoms with Crippen LogP contribution in [0.15, 0.2) is 48.5 Å². The average molecular weight is 431 g/mol. The van der Waals surface area contributed by atoms with Crippen LogP contribution in [-0.2, 0) is 12.1 Å². The normalized spacial score (nSPS) is 18.9. The first-order chi connectivity index (χ1) is 13.9. The minimum Gasteiger partial charge on any atom is -0.465 e. The molecule has 1 unspecified atom stereocenters. The maximum atomic E-state index is 12.2. The molecule has 1 aliphatic heterocycles. The van der Waals surface area contributed by atoms with Gasteiger partial charge in [0.15, 0.2) is 5.82 Å². The number of benzene rings is 2. The Bertz CT molecular complexity index is 1030. The molecule has 150 valence electrons. The fourth-order valence-electron chi connectivity index (χ4n) is 4.11. The van der Waals surface area contributed by atoms with Crippen LogP contribution < -0.4 is 0 Å². The quantitative estimate of drug-likeness (QED) is 0.634. The lowest BCUT2D eigenvalue weighted by Gasteiger charge is -2.36. The minimum absolute atomic E-state index is 0.435. The Morgan fingerprint density at radius 3 is 2.31 bits per heavy atom. The molecule has 1 atom stereocenters. The molecule has 1 fully saturated rings. The third kappa shape index (κ3) is 3.47. The summed E-state index contributed by atoms with van der Waals surface area (Å²) in [4.78, 5) is 13.6. The van der Waals surface area contributed by atoms with Crippen molar-refractivity contribution in [2.45, 2.75) is 31.8 Å². The number of carbonyl (C=O) groups is 1. The Hall–Kier alpha value is -2.57. The molecule has 4 rings (SSSR count). The molecule has 3 aromatic rings. The highest BCUT2D eigenvalue weighted by Crippen LogP contribution is 2.44. The van der Waals surface area contributed by atoms with Gasteiger partial charge in [-0.05, 0) is 55.2 Å². The van der Waals surface area contributed by atoms with Gasteiger partial charge in [0.2, 0.25) is 0 Å². The number of halogens is 2. The minimum atomic E-state index is -0.976. The van der Waals surface area contributed by atoms with Gasteiger partial charge in [-0.25, -0.2) is 4.79 Å². The lowest BCUT2D eigenvalue weighted by atomic mass is 9.86. The number of hydrogen-bond acceptors (Lipinski definition) is 3.